The van der Waals surface area contributed by atoms with Crippen molar-refractivity contribution in [1.82, 2.24) is 4.57 Å². The molecule has 0 aliphatic rings. The summed E-state index contributed by atoms with van der Waals surface area (Å²) in [4.78, 5) is 0. The fourth-order valence-corrected chi connectivity index (χ4v) is 1.05. The standard InChI is InChI=1S/C11H17N/c1-4-10(2)7-8-11-6-5-9-12(11)3/h5-10H,4H2,1-3H3/b8-7+. The molecule has 0 aliphatic carbocycles. The quantitative estimate of drug-likeness (QED) is 0.645. The predicted octanol–water partition coefficient (Wildman–Crippen LogP) is 3.08. The SMILES string of the molecule is CCC(C)/C=C/c1cccn1C. The van der Waals surface area contributed by atoms with Crippen molar-refractivity contribution < 1.29 is 0 Å². The average Bonchev–Trinajstić information content (AvgIpc) is 2.47. The maximum atomic E-state index is 2.26. The Balaban J connectivity index is 2.63. The van der Waals surface area contributed by atoms with Crippen LogP contribution in [0.5, 0.6) is 0 Å². The van der Waals surface area contributed by atoms with Crippen molar-refractivity contribution in [3.8, 4) is 0 Å². The number of nitrogens with zero attached hydrogens (tertiary/aromatic N) is 1. The van der Waals surface area contributed by atoms with Gasteiger partial charge in [-0.15, -0.1) is 0 Å². The van der Waals surface area contributed by atoms with Crippen molar-refractivity contribution in [2.75, 3.05) is 0 Å². The number of hydrogen-bond acceptors (Lipinski definition) is 0. The highest BCUT2D eigenvalue weighted by atomic mass is 14.9. The zero-order valence-corrected chi connectivity index (χ0v) is 8.12. The first-order valence-corrected chi connectivity index (χ1v) is 4.53. The Morgan fingerprint density at radius 1 is 1.58 bits per heavy atom. The molecular formula is C11H17N. The van der Waals surface area contributed by atoms with Crippen LogP contribution in [-0.2, 0) is 7.05 Å². The van der Waals surface area contributed by atoms with Gasteiger partial charge in [0.1, 0.15) is 0 Å². The molecule has 1 heteroatoms. The van der Waals surface area contributed by atoms with Crippen LogP contribution in [0.4, 0.5) is 0 Å². The number of rotatable bonds is 3. The third-order valence-corrected chi connectivity index (χ3v) is 2.22. The highest BCUT2D eigenvalue weighted by Crippen LogP contribution is 2.07. The van der Waals surface area contributed by atoms with Gasteiger partial charge in [-0.1, -0.05) is 26.3 Å². The minimum atomic E-state index is 0.680. The van der Waals surface area contributed by atoms with Crippen LogP contribution >= 0.6 is 0 Å². The van der Waals surface area contributed by atoms with Crippen LogP contribution in [-0.4, -0.2) is 4.57 Å². The fraction of sp³-hybridized carbons (Fsp3) is 0.455. The van der Waals surface area contributed by atoms with Crippen molar-refractivity contribution in [2.45, 2.75) is 20.3 Å². The summed E-state index contributed by atoms with van der Waals surface area (Å²) in [5, 5.41) is 0. The summed E-state index contributed by atoms with van der Waals surface area (Å²) in [6.45, 7) is 4.44. The maximum absolute atomic E-state index is 2.26. The van der Waals surface area contributed by atoms with Crippen LogP contribution < -0.4 is 0 Å². The van der Waals surface area contributed by atoms with Gasteiger partial charge in [0, 0.05) is 18.9 Å². The summed E-state index contributed by atoms with van der Waals surface area (Å²) < 4.78 is 2.12. The lowest BCUT2D eigenvalue weighted by Gasteiger charge is -2.00. The topological polar surface area (TPSA) is 4.93 Å². The normalized spacial score (nSPS) is 13.9. The van der Waals surface area contributed by atoms with Gasteiger partial charge in [-0.3, -0.25) is 0 Å². The van der Waals surface area contributed by atoms with Gasteiger partial charge >= 0.3 is 0 Å². The minimum absolute atomic E-state index is 0.680. The summed E-state index contributed by atoms with van der Waals surface area (Å²) in [6, 6.07) is 4.19. The van der Waals surface area contributed by atoms with Gasteiger partial charge in [-0.2, -0.15) is 0 Å². The Hall–Kier alpha value is -0.980. The maximum Gasteiger partial charge on any atom is 0.0400 e. The lowest BCUT2D eigenvalue weighted by molar-refractivity contribution is 0.701. The molecule has 12 heavy (non-hydrogen) atoms. The molecule has 0 aliphatic heterocycles. The molecule has 66 valence electrons. The number of aromatic nitrogens is 1. The van der Waals surface area contributed by atoms with Crippen LogP contribution in [0.2, 0.25) is 0 Å². The Labute approximate surface area is 74.7 Å². The summed E-state index contributed by atoms with van der Waals surface area (Å²) in [5.74, 6) is 0.680. The van der Waals surface area contributed by atoms with E-state index < -0.39 is 0 Å². The number of hydrogen-bond donors (Lipinski definition) is 0. The van der Waals surface area contributed by atoms with Gasteiger partial charge in [-0.05, 0) is 24.1 Å². The molecule has 1 aromatic rings. The molecule has 1 atom stereocenters. The number of allylic oxidation sites excluding steroid dienone is 1. The zero-order valence-electron chi connectivity index (χ0n) is 8.12. The molecule has 0 N–H and O–H groups in total. The van der Waals surface area contributed by atoms with Gasteiger partial charge in [0.2, 0.25) is 0 Å². The van der Waals surface area contributed by atoms with E-state index >= 15 is 0 Å². The highest BCUT2D eigenvalue weighted by molar-refractivity contribution is 5.45. The van der Waals surface area contributed by atoms with E-state index in [1.54, 1.807) is 0 Å². The van der Waals surface area contributed by atoms with E-state index in [4.69, 9.17) is 0 Å². The van der Waals surface area contributed by atoms with Gasteiger partial charge in [0.25, 0.3) is 0 Å². The molecule has 0 radical (unpaired) electrons. The Morgan fingerprint density at radius 3 is 2.83 bits per heavy atom. The zero-order chi connectivity index (χ0) is 8.97. The molecule has 0 bridgehead atoms. The summed E-state index contributed by atoms with van der Waals surface area (Å²) in [6.07, 6.45) is 7.72. The first-order chi connectivity index (χ1) is 5.74. The largest absolute Gasteiger partial charge is 0.351 e. The van der Waals surface area contributed by atoms with E-state index in [2.05, 4.69) is 55.9 Å². The molecule has 1 unspecified atom stereocenters. The number of aryl methyl sites for hydroxylation is 1. The van der Waals surface area contributed by atoms with Crippen LogP contribution in [0.3, 0.4) is 0 Å². The molecule has 1 heterocycles. The van der Waals surface area contributed by atoms with Crippen molar-refractivity contribution in [2.24, 2.45) is 13.0 Å². The minimum Gasteiger partial charge on any atom is -0.351 e. The summed E-state index contributed by atoms with van der Waals surface area (Å²) >= 11 is 0. The van der Waals surface area contributed by atoms with E-state index in [1.807, 2.05) is 0 Å². The van der Waals surface area contributed by atoms with E-state index in [0.29, 0.717) is 5.92 Å². The van der Waals surface area contributed by atoms with E-state index in [9.17, 15) is 0 Å². The second-order valence-electron chi connectivity index (χ2n) is 3.29. The van der Waals surface area contributed by atoms with Crippen LogP contribution in [0.15, 0.2) is 24.4 Å². The third-order valence-electron chi connectivity index (χ3n) is 2.22. The first-order valence-electron chi connectivity index (χ1n) is 4.53. The van der Waals surface area contributed by atoms with Crippen LogP contribution in [0.1, 0.15) is 26.0 Å². The molecule has 0 saturated carbocycles. The molecule has 0 amide bonds. The summed E-state index contributed by atoms with van der Waals surface area (Å²) in [7, 11) is 2.07. The molecule has 0 spiro atoms. The van der Waals surface area contributed by atoms with Gasteiger partial charge < -0.3 is 4.57 Å². The van der Waals surface area contributed by atoms with E-state index in [-0.39, 0.29) is 0 Å². The Morgan fingerprint density at radius 2 is 2.33 bits per heavy atom. The molecule has 0 saturated heterocycles. The van der Waals surface area contributed by atoms with Crippen molar-refractivity contribution in [3.63, 3.8) is 0 Å². The molecule has 1 rings (SSSR count). The second-order valence-corrected chi connectivity index (χ2v) is 3.29. The van der Waals surface area contributed by atoms with Crippen molar-refractivity contribution in [3.05, 3.63) is 30.1 Å². The van der Waals surface area contributed by atoms with E-state index in [1.165, 1.54) is 12.1 Å². The second kappa shape index (κ2) is 4.15. The Bertz CT molecular complexity index is 258. The Kier molecular flexibility index (Phi) is 3.15. The molecule has 1 nitrogen and oxygen atoms in total. The predicted molar refractivity (Wildman–Crippen MR) is 53.9 cm³/mol. The smallest absolute Gasteiger partial charge is 0.0400 e. The van der Waals surface area contributed by atoms with Crippen LogP contribution in [0.25, 0.3) is 6.08 Å². The average molecular weight is 163 g/mol. The molecule has 1 aromatic heterocycles. The lowest BCUT2D eigenvalue weighted by Crippen LogP contribution is -1.89. The first kappa shape index (κ1) is 9.11. The lowest BCUT2D eigenvalue weighted by atomic mass is 10.1. The van der Waals surface area contributed by atoms with Crippen molar-refractivity contribution >= 4 is 6.08 Å². The van der Waals surface area contributed by atoms with Crippen LogP contribution in [0, 0.1) is 5.92 Å². The van der Waals surface area contributed by atoms with Gasteiger partial charge in [-0.25, -0.2) is 0 Å². The monoisotopic (exact) mass is 163 g/mol. The van der Waals surface area contributed by atoms with Gasteiger partial charge in [0.05, 0.1) is 0 Å². The van der Waals surface area contributed by atoms with Gasteiger partial charge in [0.15, 0.2) is 0 Å². The molecule has 0 aromatic carbocycles. The van der Waals surface area contributed by atoms with E-state index in [0.717, 1.165) is 0 Å². The molecular weight excluding hydrogens is 146 g/mol. The molecule has 0 fully saturated rings. The summed E-state index contributed by atoms with van der Waals surface area (Å²) in [5.41, 5.74) is 1.27. The highest BCUT2D eigenvalue weighted by Gasteiger charge is 1.93. The van der Waals surface area contributed by atoms with Crippen molar-refractivity contribution in [1.29, 1.82) is 0 Å². The fourth-order valence-electron chi connectivity index (χ4n) is 1.05. The third kappa shape index (κ3) is 2.26.